The fourth-order valence-electron chi connectivity index (χ4n) is 10.6. The number of nitrogens with zero attached hydrogens (tertiary/aromatic N) is 1. The molecule has 28 heteroatoms. The smallest absolute Gasteiger partial charge is 0.236 e. The maximum Gasteiger partial charge on any atom is 0.236 e. The van der Waals surface area contributed by atoms with Crippen molar-refractivity contribution in [1.82, 2.24) is 36.8 Å². The third kappa shape index (κ3) is 22.8. The van der Waals surface area contributed by atoms with Crippen LogP contribution in [-0.4, -0.2) is 239 Å². The van der Waals surface area contributed by atoms with Crippen LogP contribution in [0.5, 0.6) is 0 Å². The molecule has 3 rings (SSSR count). The van der Waals surface area contributed by atoms with Crippen LogP contribution in [0.4, 0.5) is 0 Å². The molecule has 0 aromatic heterocycles. The molecule has 0 bridgehead atoms. The van der Waals surface area contributed by atoms with Crippen molar-refractivity contribution in [3.05, 3.63) is 0 Å². The summed E-state index contributed by atoms with van der Waals surface area (Å²) in [4.78, 5) is 91.0. The average molecular weight is 1130 g/mol. The molecule has 6 radical (unpaired) electrons. The number of hydrogen-bond donors (Lipinski definition) is 13. The standard InChI is InChI=1S/C52H91B3N8O17/c1-6-32(19-28(2)51(56)75)52(76)59-26-58-27-77-25-33(13-7-8-14-35-45(60-29(3)67)42(53)48(72)38(22-64)78-35)34(70)21-63(18-12-10-16-37-47(62-31(5)69)44(55)50(74)40(24-66)80-37)41(71)20-57-17-11-9-15-36-46(61-30(4)68)43(54)49(73)39(23-65)79-36/h28,32-33,35-40,42-50,57-58,64-66,72-74H,6-27H2,1-5H3,(H2,56,75)(H,59,76)(H,60,67)(H,61,68)(H,62,69)/t28?,32?,33?,35-,36-,37+,38-,39-,40+,42-,43-,44+,45+,46+,47-,48+,49+,50-/m1/s1/i/hT. The second-order valence-corrected chi connectivity index (χ2v) is 21.6. The van der Waals surface area contributed by atoms with Crippen molar-refractivity contribution in [2.75, 3.05) is 66.0 Å². The van der Waals surface area contributed by atoms with Crippen LogP contribution in [-0.2, 0) is 52.5 Å². The summed E-state index contributed by atoms with van der Waals surface area (Å²) in [6.07, 6.45) is -4.38. The van der Waals surface area contributed by atoms with Crippen molar-refractivity contribution in [2.24, 2.45) is 23.5 Å². The van der Waals surface area contributed by atoms with Crippen LogP contribution in [0.1, 0.15) is 112 Å². The Labute approximate surface area is 476 Å². The van der Waals surface area contributed by atoms with Gasteiger partial charge in [-0.25, -0.2) is 0 Å². The molecule has 18 atom stereocenters. The molecule has 3 aliphatic heterocycles. The summed E-state index contributed by atoms with van der Waals surface area (Å²) in [5.41, 5.74) is 5.41. The third-order valence-corrected chi connectivity index (χ3v) is 15.3. The monoisotopic (exact) mass is 1130 g/mol. The van der Waals surface area contributed by atoms with E-state index in [-0.39, 0.29) is 76.5 Å². The predicted octanol–water partition coefficient (Wildman–Crippen LogP) is -3.59. The van der Waals surface area contributed by atoms with Crippen molar-refractivity contribution in [3.63, 3.8) is 0 Å². The number of aliphatic hydroxyl groups excluding tert-OH is 6. The molecule has 3 heterocycles. The van der Waals surface area contributed by atoms with Crippen molar-refractivity contribution in [3.8, 4) is 0 Å². The SMILES string of the molecule is [3H]N(CCCC[C@H]1O[C@H](CO)[C@H](O)[C@H]([B])[C@H]1NC(C)=O)CC(=O)N(CCCC[C@@H]1O[C@@H](CO)[C@@H](O)[C@@H]([B])[C@@H]1NC(C)=O)CC(=O)C(CCCC[C@H]1O[C@H](CO)[C@H](O)[C@H]([B])[C@H]1NC(C)=O)COCNCNC(=O)C(CC)CC(C)C(N)=O. The van der Waals surface area contributed by atoms with E-state index in [9.17, 15) is 64.2 Å². The molecule has 0 spiro atoms. The lowest BCUT2D eigenvalue weighted by Gasteiger charge is -2.44. The number of amides is 6. The fraction of sp³-hybridized carbons (Fsp3) is 0.865. The highest BCUT2D eigenvalue weighted by molar-refractivity contribution is 6.13. The van der Waals surface area contributed by atoms with Gasteiger partial charge in [0.1, 0.15) is 19.7 Å². The molecule has 0 aliphatic carbocycles. The molecule has 3 unspecified atom stereocenters. The van der Waals surface area contributed by atoms with Crippen LogP contribution in [0.3, 0.4) is 0 Å². The molecule has 0 aromatic rings. The van der Waals surface area contributed by atoms with E-state index in [1.165, 1.54) is 25.7 Å². The Hall–Kier alpha value is -3.80. The second-order valence-electron chi connectivity index (χ2n) is 21.6. The van der Waals surface area contributed by atoms with Gasteiger partial charge in [-0.05, 0) is 88.2 Å². The van der Waals surface area contributed by atoms with Gasteiger partial charge < -0.3 is 86.8 Å². The molecule has 25 nitrogen and oxygen atoms in total. The number of ketones is 1. The van der Waals surface area contributed by atoms with Gasteiger partial charge in [0.15, 0.2) is 5.78 Å². The van der Waals surface area contributed by atoms with Gasteiger partial charge in [0.05, 0.1) is 131 Å². The summed E-state index contributed by atoms with van der Waals surface area (Å²) < 4.78 is 32.6. The van der Waals surface area contributed by atoms with E-state index in [4.69, 9.17) is 49.6 Å². The number of carbonyl (C=O) groups is 7. The number of rotatable bonds is 37. The van der Waals surface area contributed by atoms with Crippen LogP contribution >= 0.6 is 0 Å². The highest BCUT2D eigenvalue weighted by Crippen LogP contribution is 2.34. The average Bonchev–Trinajstić information content (AvgIpc) is 3.44. The van der Waals surface area contributed by atoms with Crippen LogP contribution in [0.15, 0.2) is 0 Å². The molecule has 80 heavy (non-hydrogen) atoms. The first-order valence-corrected chi connectivity index (χ1v) is 28.2. The first-order chi connectivity index (χ1) is 38.4. The zero-order valence-electron chi connectivity index (χ0n) is 48.3. The number of hydrogen-bond acceptors (Lipinski definition) is 19. The van der Waals surface area contributed by atoms with Gasteiger partial charge in [-0.15, -0.1) is 0 Å². The molecular formula is C52H91B3N8O17. The first-order valence-electron chi connectivity index (χ1n) is 28.6. The van der Waals surface area contributed by atoms with Crippen LogP contribution in [0.2, 0.25) is 18.9 Å². The minimum atomic E-state index is -1.26. The van der Waals surface area contributed by atoms with Crippen LogP contribution in [0, 0.1) is 17.8 Å². The number of unbranched alkanes of at least 4 members (excludes halogenated alkanes) is 3. The summed E-state index contributed by atoms with van der Waals surface area (Å²) in [6.45, 7) is 5.03. The Morgan fingerprint density at radius 2 is 1.12 bits per heavy atom. The van der Waals surface area contributed by atoms with Gasteiger partial charge in [0.25, 0.3) is 0 Å². The molecule has 6 amide bonds. The lowest BCUT2D eigenvalue weighted by atomic mass is 9.70. The van der Waals surface area contributed by atoms with Gasteiger partial charge in [-0.3, -0.25) is 38.9 Å². The second kappa shape index (κ2) is 36.7. The Morgan fingerprint density at radius 1 is 0.675 bits per heavy atom. The van der Waals surface area contributed by atoms with Crippen LogP contribution in [0.25, 0.3) is 0 Å². The normalized spacial score (nSPS) is 30.1. The maximum atomic E-state index is 14.5. The van der Waals surface area contributed by atoms with E-state index >= 15 is 0 Å². The van der Waals surface area contributed by atoms with Crippen LogP contribution < -0.4 is 37.6 Å². The summed E-state index contributed by atoms with van der Waals surface area (Å²) in [6, 6.07) is -2.32. The van der Waals surface area contributed by atoms with E-state index in [1.807, 2.05) is 6.92 Å². The Balaban J connectivity index is 1.80. The number of nitrogens with one attached hydrogen (secondary N) is 6. The summed E-state index contributed by atoms with van der Waals surface area (Å²) in [5.74, 6) is -7.43. The van der Waals surface area contributed by atoms with Gasteiger partial charge in [0.2, 0.25) is 35.4 Å². The zero-order valence-corrected chi connectivity index (χ0v) is 47.3. The fourth-order valence-corrected chi connectivity index (χ4v) is 10.6. The van der Waals surface area contributed by atoms with Crippen molar-refractivity contribution in [1.29, 1.82) is 0 Å². The Kier molecular flexibility index (Phi) is 31.5. The summed E-state index contributed by atoms with van der Waals surface area (Å²) in [7, 11) is 18.9. The number of ether oxygens (including phenoxy) is 4. The van der Waals surface area contributed by atoms with Crippen molar-refractivity contribution < 1.29 is 84.6 Å². The van der Waals surface area contributed by atoms with Gasteiger partial charge in [-0.1, -0.05) is 26.7 Å². The van der Waals surface area contributed by atoms with E-state index < -0.39 is 158 Å². The molecule has 3 saturated heterocycles. The van der Waals surface area contributed by atoms with Gasteiger partial charge >= 0.3 is 0 Å². The number of primary amides is 1. The van der Waals surface area contributed by atoms with E-state index in [1.54, 1.807) is 6.92 Å². The number of Topliss-reactive ketones (excluding diaryl/α,β-unsaturated/α-hetero) is 1. The number of carbonyl (C=O) groups excluding carboxylic acids is 7. The minimum absolute atomic E-state index is 0.00634. The Morgan fingerprint density at radius 3 is 1.55 bits per heavy atom. The molecule has 3 aliphatic rings. The largest absolute Gasteiger partial charge is 0.394 e. The molecule has 0 saturated carbocycles. The maximum absolute atomic E-state index is 14.5. The molecule has 3 fully saturated rings. The van der Waals surface area contributed by atoms with Gasteiger partial charge in [-0.2, -0.15) is 0 Å². The summed E-state index contributed by atoms with van der Waals surface area (Å²) >= 11 is 0. The number of aliphatic hydroxyl groups is 6. The highest BCUT2D eigenvalue weighted by atomic mass is 16.5. The van der Waals surface area contributed by atoms with E-state index in [2.05, 4.69) is 26.6 Å². The third-order valence-electron chi connectivity index (χ3n) is 15.3. The quantitative estimate of drug-likeness (QED) is 0.0162. The number of nitrogens with two attached hydrogens (primary N) is 1. The first kappa shape index (κ1) is 68.7. The zero-order chi connectivity index (χ0) is 60.5. The molecule has 0 aromatic carbocycles. The molecule has 450 valence electrons. The van der Waals surface area contributed by atoms with E-state index in [0.29, 0.717) is 57.8 Å². The Bertz CT molecular complexity index is 1970. The van der Waals surface area contributed by atoms with E-state index in [0.717, 1.165) is 5.31 Å². The van der Waals surface area contributed by atoms with Crippen molar-refractivity contribution >= 4 is 64.8 Å². The van der Waals surface area contributed by atoms with Gasteiger partial charge in [0, 0.05) is 45.1 Å². The molecular weight excluding hydrogens is 1040 g/mol. The van der Waals surface area contributed by atoms with Crippen molar-refractivity contribution in [2.45, 2.75) is 202 Å². The molecule has 14 N–H and O–H groups in total. The lowest BCUT2D eigenvalue weighted by molar-refractivity contribution is -0.152. The topological polar surface area (TPSA) is 379 Å². The summed E-state index contributed by atoms with van der Waals surface area (Å²) in [5, 5.41) is 76.4. The highest BCUT2D eigenvalue weighted by Gasteiger charge is 2.45. The predicted molar refractivity (Wildman–Crippen MR) is 294 cm³/mol. The minimum Gasteiger partial charge on any atom is -0.394 e. The lowest BCUT2D eigenvalue weighted by Crippen LogP contribution is -2.58.